The Morgan fingerprint density at radius 3 is 2.42 bits per heavy atom. The van der Waals surface area contributed by atoms with E-state index in [1.807, 2.05) is 26.8 Å². The predicted octanol–water partition coefficient (Wildman–Crippen LogP) is 1.36. The van der Waals surface area contributed by atoms with Crippen molar-refractivity contribution in [3.63, 3.8) is 0 Å². The fraction of sp³-hybridized carbons (Fsp3) is 0.429. The molecule has 0 radical (unpaired) electrons. The van der Waals surface area contributed by atoms with Crippen LogP contribution in [0, 0.1) is 20.8 Å². The van der Waals surface area contributed by atoms with Gasteiger partial charge in [0, 0.05) is 6.54 Å². The van der Waals surface area contributed by atoms with Crippen LogP contribution in [0.25, 0.3) is 0 Å². The minimum Gasteiger partial charge on any atom is -0.496 e. The summed E-state index contributed by atoms with van der Waals surface area (Å²) in [6.45, 7) is 6.26. The van der Waals surface area contributed by atoms with Gasteiger partial charge in [0.05, 0.1) is 7.11 Å². The molecule has 0 aromatic heterocycles. The Kier molecular flexibility index (Phi) is 4.92. The maximum atomic E-state index is 10.9. The van der Waals surface area contributed by atoms with Crippen molar-refractivity contribution in [2.45, 2.75) is 27.2 Å². The van der Waals surface area contributed by atoms with Gasteiger partial charge in [-0.1, -0.05) is 0 Å². The molecule has 0 fully saturated rings. The summed E-state index contributed by atoms with van der Waals surface area (Å²) in [5.74, 6) is -1.59. The molecule has 1 aromatic carbocycles. The van der Waals surface area contributed by atoms with Gasteiger partial charge in [-0.2, -0.15) is 0 Å². The van der Waals surface area contributed by atoms with E-state index in [-0.39, 0.29) is 0 Å². The molecule has 0 atom stereocenters. The highest BCUT2D eigenvalue weighted by molar-refractivity contribution is 6.31. The number of nitrogens with one attached hydrogen (secondary N) is 1. The Hall–Kier alpha value is -2.04. The van der Waals surface area contributed by atoms with Gasteiger partial charge in [0.15, 0.2) is 0 Å². The summed E-state index contributed by atoms with van der Waals surface area (Å²) in [6.07, 6.45) is 0.599. The minimum absolute atomic E-state index is 0.304. The normalized spacial score (nSPS) is 10.1. The number of benzene rings is 1. The van der Waals surface area contributed by atoms with Gasteiger partial charge in [0.1, 0.15) is 5.75 Å². The van der Waals surface area contributed by atoms with E-state index in [2.05, 4.69) is 5.32 Å². The molecule has 0 aliphatic heterocycles. The highest BCUT2D eigenvalue weighted by atomic mass is 16.5. The lowest BCUT2D eigenvalue weighted by Crippen LogP contribution is -2.32. The third-order valence-electron chi connectivity index (χ3n) is 3.28. The Morgan fingerprint density at radius 2 is 1.89 bits per heavy atom. The molecule has 2 N–H and O–H groups in total. The molecule has 0 aliphatic carbocycles. The first-order chi connectivity index (χ1) is 8.88. The summed E-state index contributed by atoms with van der Waals surface area (Å²) in [6, 6.07) is 1.96. The van der Waals surface area contributed by atoms with Gasteiger partial charge < -0.3 is 15.2 Å². The van der Waals surface area contributed by atoms with E-state index >= 15 is 0 Å². The van der Waals surface area contributed by atoms with E-state index < -0.39 is 11.9 Å². The molecule has 0 aliphatic rings. The number of hydrogen-bond donors (Lipinski definition) is 2. The number of carbonyl (C=O) groups excluding carboxylic acids is 1. The first-order valence-electron chi connectivity index (χ1n) is 6.03. The van der Waals surface area contributed by atoms with E-state index in [1.165, 1.54) is 0 Å². The van der Waals surface area contributed by atoms with Crippen LogP contribution in [-0.4, -0.2) is 30.6 Å². The van der Waals surface area contributed by atoms with Gasteiger partial charge in [-0.25, -0.2) is 4.79 Å². The number of aliphatic carboxylic acids is 1. The summed E-state index contributed by atoms with van der Waals surface area (Å²) in [5, 5.41) is 10.8. The maximum absolute atomic E-state index is 10.9. The number of amides is 1. The summed E-state index contributed by atoms with van der Waals surface area (Å²) in [5.41, 5.74) is 4.36. The second-order valence-electron chi connectivity index (χ2n) is 4.44. The van der Waals surface area contributed by atoms with E-state index in [0.717, 1.165) is 28.0 Å². The summed E-state index contributed by atoms with van der Waals surface area (Å²) >= 11 is 0. The molecule has 104 valence electrons. The Balaban J connectivity index is 2.82. The average Bonchev–Trinajstić information content (AvgIpc) is 2.37. The first kappa shape index (κ1) is 15.0. The van der Waals surface area contributed by atoms with Crippen LogP contribution in [0.15, 0.2) is 6.07 Å². The number of carboxylic acids is 1. The number of ether oxygens (including phenoxy) is 1. The molecule has 1 rings (SSSR count). The predicted molar refractivity (Wildman–Crippen MR) is 71.6 cm³/mol. The Labute approximate surface area is 112 Å². The SMILES string of the molecule is COc1cc(C)c(CCNC(=O)C(=O)O)c(C)c1C. The molecule has 0 saturated heterocycles. The fourth-order valence-corrected chi connectivity index (χ4v) is 2.07. The van der Waals surface area contributed by atoms with Gasteiger partial charge in [0.25, 0.3) is 0 Å². The third kappa shape index (κ3) is 3.47. The third-order valence-corrected chi connectivity index (χ3v) is 3.28. The van der Waals surface area contributed by atoms with Gasteiger partial charge in [0.2, 0.25) is 0 Å². The van der Waals surface area contributed by atoms with Gasteiger partial charge in [-0.3, -0.25) is 4.79 Å². The zero-order chi connectivity index (χ0) is 14.6. The van der Waals surface area contributed by atoms with Crippen molar-refractivity contribution in [2.75, 3.05) is 13.7 Å². The van der Waals surface area contributed by atoms with Crippen LogP contribution >= 0.6 is 0 Å². The molecular weight excluding hydrogens is 246 g/mol. The standard InChI is InChI=1S/C14H19NO4/c1-8-7-12(19-4)10(3)9(2)11(8)5-6-15-13(16)14(17)18/h7H,5-6H2,1-4H3,(H,15,16)(H,17,18). The van der Waals surface area contributed by atoms with Crippen LogP contribution in [-0.2, 0) is 16.0 Å². The second-order valence-corrected chi connectivity index (χ2v) is 4.44. The highest BCUT2D eigenvalue weighted by Gasteiger charge is 2.13. The van der Waals surface area contributed by atoms with Crippen LogP contribution in [0.5, 0.6) is 5.75 Å². The van der Waals surface area contributed by atoms with Crippen molar-refractivity contribution in [3.05, 3.63) is 28.3 Å². The highest BCUT2D eigenvalue weighted by Crippen LogP contribution is 2.27. The zero-order valence-corrected chi connectivity index (χ0v) is 11.7. The van der Waals surface area contributed by atoms with Crippen LogP contribution in [0.2, 0.25) is 0 Å². The quantitative estimate of drug-likeness (QED) is 0.806. The van der Waals surface area contributed by atoms with Crippen molar-refractivity contribution in [1.82, 2.24) is 5.32 Å². The van der Waals surface area contributed by atoms with Crippen LogP contribution < -0.4 is 10.1 Å². The Bertz CT molecular complexity index is 509. The molecule has 0 bridgehead atoms. The van der Waals surface area contributed by atoms with Crippen LogP contribution in [0.3, 0.4) is 0 Å². The van der Waals surface area contributed by atoms with Crippen molar-refractivity contribution >= 4 is 11.9 Å². The zero-order valence-electron chi connectivity index (χ0n) is 11.7. The molecule has 0 spiro atoms. The number of carboxylic acid groups (broad SMARTS) is 1. The number of methoxy groups -OCH3 is 1. The lowest BCUT2D eigenvalue weighted by atomic mass is 9.95. The molecule has 1 amide bonds. The molecule has 19 heavy (non-hydrogen) atoms. The van der Waals surface area contributed by atoms with E-state index in [4.69, 9.17) is 9.84 Å². The van der Waals surface area contributed by atoms with Crippen LogP contribution in [0.1, 0.15) is 22.3 Å². The number of rotatable bonds is 4. The molecule has 0 unspecified atom stereocenters. The monoisotopic (exact) mass is 265 g/mol. The van der Waals surface area contributed by atoms with Crippen LogP contribution in [0.4, 0.5) is 0 Å². The molecular formula is C14H19NO4. The molecule has 0 saturated carbocycles. The number of aryl methyl sites for hydroxylation is 1. The maximum Gasteiger partial charge on any atom is 0.394 e. The topological polar surface area (TPSA) is 75.6 Å². The number of hydrogen-bond acceptors (Lipinski definition) is 3. The molecule has 0 heterocycles. The smallest absolute Gasteiger partial charge is 0.394 e. The van der Waals surface area contributed by atoms with Gasteiger partial charge in [-0.15, -0.1) is 0 Å². The summed E-state index contributed by atoms with van der Waals surface area (Å²) in [4.78, 5) is 21.3. The molecule has 5 heteroatoms. The van der Waals surface area contributed by atoms with Crippen molar-refractivity contribution < 1.29 is 19.4 Å². The average molecular weight is 265 g/mol. The van der Waals surface area contributed by atoms with Crippen molar-refractivity contribution in [1.29, 1.82) is 0 Å². The lowest BCUT2D eigenvalue weighted by molar-refractivity contribution is -0.150. The molecule has 5 nitrogen and oxygen atoms in total. The van der Waals surface area contributed by atoms with Crippen molar-refractivity contribution in [3.8, 4) is 5.75 Å². The first-order valence-corrected chi connectivity index (χ1v) is 6.03. The van der Waals surface area contributed by atoms with Crippen molar-refractivity contribution in [2.24, 2.45) is 0 Å². The fourth-order valence-electron chi connectivity index (χ4n) is 2.07. The molecule has 1 aromatic rings. The largest absolute Gasteiger partial charge is 0.496 e. The van der Waals surface area contributed by atoms with E-state index in [1.54, 1.807) is 7.11 Å². The van der Waals surface area contributed by atoms with E-state index in [9.17, 15) is 9.59 Å². The lowest BCUT2D eigenvalue weighted by Gasteiger charge is -2.16. The number of carbonyl (C=O) groups is 2. The summed E-state index contributed by atoms with van der Waals surface area (Å²) in [7, 11) is 1.63. The minimum atomic E-state index is -1.46. The van der Waals surface area contributed by atoms with Gasteiger partial charge in [-0.05, 0) is 55.5 Å². The van der Waals surface area contributed by atoms with E-state index in [0.29, 0.717) is 13.0 Å². The Morgan fingerprint density at radius 1 is 1.26 bits per heavy atom. The van der Waals surface area contributed by atoms with Gasteiger partial charge >= 0.3 is 11.9 Å². The summed E-state index contributed by atoms with van der Waals surface area (Å²) < 4.78 is 5.29. The second kappa shape index (κ2) is 6.22.